The SMILES string of the molecule is NCCCNCCCCNCCCNS(=O)[O-]. The molecule has 0 rings (SSSR count). The Balaban J connectivity index is 2.91. The monoisotopic (exact) mass is 265 g/mol. The molecule has 104 valence electrons. The fraction of sp³-hybridized carbons (Fsp3) is 1.00. The van der Waals surface area contributed by atoms with E-state index in [1.807, 2.05) is 0 Å². The average Bonchev–Trinajstić information content (AvgIpc) is 2.30. The van der Waals surface area contributed by atoms with Gasteiger partial charge in [0.05, 0.1) is 0 Å². The molecule has 0 aliphatic heterocycles. The van der Waals surface area contributed by atoms with Gasteiger partial charge in [-0.05, 0) is 58.4 Å². The minimum Gasteiger partial charge on any atom is -0.760 e. The fourth-order valence-corrected chi connectivity index (χ4v) is 1.66. The zero-order valence-electron chi connectivity index (χ0n) is 10.4. The van der Waals surface area contributed by atoms with Gasteiger partial charge in [-0.3, -0.25) is 4.21 Å². The van der Waals surface area contributed by atoms with Crippen LogP contribution in [0.15, 0.2) is 0 Å². The van der Waals surface area contributed by atoms with Gasteiger partial charge in [0.15, 0.2) is 0 Å². The molecule has 1 atom stereocenters. The van der Waals surface area contributed by atoms with Crippen molar-refractivity contribution in [1.29, 1.82) is 0 Å². The van der Waals surface area contributed by atoms with Gasteiger partial charge in [-0.15, -0.1) is 0 Å². The van der Waals surface area contributed by atoms with Crippen LogP contribution >= 0.6 is 0 Å². The molecule has 1 unspecified atom stereocenters. The van der Waals surface area contributed by atoms with Crippen LogP contribution in [0.3, 0.4) is 0 Å². The Morgan fingerprint density at radius 3 is 1.94 bits per heavy atom. The van der Waals surface area contributed by atoms with Crippen molar-refractivity contribution in [2.45, 2.75) is 25.7 Å². The molecule has 5 N–H and O–H groups in total. The lowest BCUT2D eigenvalue weighted by atomic mass is 10.3. The first-order chi connectivity index (χ1) is 8.27. The van der Waals surface area contributed by atoms with Gasteiger partial charge in [0.1, 0.15) is 0 Å². The maximum atomic E-state index is 10.1. The quantitative estimate of drug-likeness (QED) is 0.254. The molecule has 0 aliphatic rings. The summed E-state index contributed by atoms with van der Waals surface area (Å²) in [6.07, 6.45) is 4.14. The zero-order valence-corrected chi connectivity index (χ0v) is 11.2. The van der Waals surface area contributed by atoms with Crippen molar-refractivity contribution in [3.63, 3.8) is 0 Å². The van der Waals surface area contributed by atoms with Crippen molar-refractivity contribution in [3.05, 3.63) is 0 Å². The van der Waals surface area contributed by atoms with E-state index in [2.05, 4.69) is 15.4 Å². The Morgan fingerprint density at radius 2 is 1.41 bits per heavy atom. The molecule has 0 spiro atoms. The number of hydrogen-bond acceptors (Lipinski definition) is 5. The van der Waals surface area contributed by atoms with Gasteiger partial charge >= 0.3 is 0 Å². The number of nitrogens with one attached hydrogen (secondary N) is 3. The molecule has 0 aromatic rings. The molecule has 0 fully saturated rings. The predicted octanol–water partition coefficient (Wildman–Crippen LogP) is -0.932. The lowest BCUT2D eigenvalue weighted by Crippen LogP contribution is -2.24. The molecule has 0 aromatic heterocycles. The molecule has 0 aromatic carbocycles. The van der Waals surface area contributed by atoms with Gasteiger partial charge in [-0.2, -0.15) is 0 Å². The summed E-state index contributed by atoms with van der Waals surface area (Å²) in [6.45, 7) is 5.13. The van der Waals surface area contributed by atoms with E-state index in [0.717, 1.165) is 58.4 Å². The van der Waals surface area contributed by atoms with Crippen LogP contribution in [0.5, 0.6) is 0 Å². The van der Waals surface area contributed by atoms with Gasteiger partial charge in [0.2, 0.25) is 0 Å². The zero-order chi connectivity index (χ0) is 12.8. The van der Waals surface area contributed by atoms with E-state index in [-0.39, 0.29) is 0 Å². The standard InChI is InChI=1S/C10H26N4O2S/c11-5-3-8-12-6-1-2-7-13-9-4-10-14-17(15)16/h12-14H,1-11H2,(H,15,16)/p-1. The van der Waals surface area contributed by atoms with E-state index in [4.69, 9.17) is 5.73 Å². The second kappa shape index (κ2) is 14.0. The number of unbranched alkanes of at least 4 members (excludes halogenated alkanes) is 1. The highest BCUT2D eigenvalue weighted by atomic mass is 32.2. The van der Waals surface area contributed by atoms with Crippen LogP contribution in [0.25, 0.3) is 0 Å². The molecular weight excluding hydrogens is 240 g/mol. The summed E-state index contributed by atoms with van der Waals surface area (Å²) in [5.74, 6) is 0. The first kappa shape index (κ1) is 16.9. The molecule has 7 heteroatoms. The summed E-state index contributed by atoms with van der Waals surface area (Å²) in [6, 6.07) is 0. The third kappa shape index (κ3) is 15.9. The van der Waals surface area contributed by atoms with Crippen LogP contribution in [0.1, 0.15) is 25.7 Å². The summed E-state index contributed by atoms with van der Waals surface area (Å²) >= 11 is -2.13. The first-order valence-corrected chi connectivity index (χ1v) is 7.29. The molecule has 0 saturated carbocycles. The van der Waals surface area contributed by atoms with Crippen molar-refractivity contribution in [2.75, 3.05) is 39.3 Å². The summed E-state index contributed by atoms with van der Waals surface area (Å²) in [5, 5.41) is 6.60. The molecule has 0 heterocycles. The highest BCUT2D eigenvalue weighted by Crippen LogP contribution is 1.85. The molecule has 0 saturated heterocycles. The summed E-state index contributed by atoms with van der Waals surface area (Å²) in [4.78, 5) is 0. The molecule has 6 nitrogen and oxygen atoms in total. The normalized spacial score (nSPS) is 12.8. The third-order valence-electron chi connectivity index (χ3n) is 2.27. The Kier molecular flexibility index (Phi) is 14.0. The van der Waals surface area contributed by atoms with Crippen LogP contribution in [0.4, 0.5) is 0 Å². The summed E-state index contributed by atoms with van der Waals surface area (Å²) in [5.41, 5.74) is 5.37. The minimum atomic E-state index is -2.13. The maximum absolute atomic E-state index is 10.1. The number of rotatable bonds is 13. The van der Waals surface area contributed by atoms with Gasteiger partial charge in [0.25, 0.3) is 0 Å². The average molecular weight is 265 g/mol. The van der Waals surface area contributed by atoms with Gasteiger partial charge in [0, 0.05) is 17.8 Å². The maximum Gasteiger partial charge on any atom is 0.0181 e. The van der Waals surface area contributed by atoms with Crippen LogP contribution in [0.2, 0.25) is 0 Å². The minimum absolute atomic E-state index is 0.504. The van der Waals surface area contributed by atoms with Gasteiger partial charge in [-0.25, -0.2) is 4.72 Å². The van der Waals surface area contributed by atoms with E-state index in [1.54, 1.807) is 0 Å². The second-order valence-electron chi connectivity index (χ2n) is 3.83. The number of hydrogen-bond donors (Lipinski definition) is 4. The molecule has 0 radical (unpaired) electrons. The van der Waals surface area contributed by atoms with Crippen LogP contribution in [0, 0.1) is 0 Å². The molecule has 0 amide bonds. The lowest BCUT2D eigenvalue weighted by molar-refractivity contribution is 0.518. The van der Waals surface area contributed by atoms with Crippen LogP contribution in [-0.2, 0) is 11.3 Å². The first-order valence-electron chi connectivity index (χ1n) is 6.21. The molecule has 0 aliphatic carbocycles. The van der Waals surface area contributed by atoms with Crippen molar-refractivity contribution in [3.8, 4) is 0 Å². The third-order valence-corrected chi connectivity index (χ3v) is 2.70. The predicted molar refractivity (Wildman–Crippen MR) is 70.2 cm³/mol. The van der Waals surface area contributed by atoms with Crippen molar-refractivity contribution in [2.24, 2.45) is 5.73 Å². The van der Waals surface area contributed by atoms with E-state index in [1.165, 1.54) is 0 Å². The smallest absolute Gasteiger partial charge is 0.0181 e. The van der Waals surface area contributed by atoms with Gasteiger partial charge in [-0.1, -0.05) is 0 Å². The molecule has 0 bridgehead atoms. The molecular formula is C10H25N4O2S-. The summed E-state index contributed by atoms with van der Waals surface area (Å²) < 4.78 is 22.6. The lowest BCUT2D eigenvalue weighted by Gasteiger charge is -2.08. The Bertz CT molecular complexity index is 184. The van der Waals surface area contributed by atoms with Crippen LogP contribution in [-0.4, -0.2) is 48.0 Å². The van der Waals surface area contributed by atoms with E-state index >= 15 is 0 Å². The second-order valence-corrected chi connectivity index (χ2v) is 4.59. The number of nitrogens with two attached hydrogens (primary N) is 1. The van der Waals surface area contributed by atoms with Crippen molar-refractivity contribution >= 4 is 11.3 Å². The largest absolute Gasteiger partial charge is 0.760 e. The van der Waals surface area contributed by atoms with Gasteiger partial charge < -0.3 is 20.9 Å². The highest BCUT2D eigenvalue weighted by molar-refractivity contribution is 7.77. The fourth-order valence-electron chi connectivity index (χ4n) is 1.35. The Hall–Kier alpha value is -0.0500. The van der Waals surface area contributed by atoms with Crippen molar-refractivity contribution in [1.82, 2.24) is 15.4 Å². The topological polar surface area (TPSA) is 102 Å². The summed E-state index contributed by atoms with van der Waals surface area (Å²) in [7, 11) is 0. The van der Waals surface area contributed by atoms with Crippen molar-refractivity contribution < 1.29 is 8.76 Å². The Labute approximate surface area is 107 Å². The van der Waals surface area contributed by atoms with Crippen LogP contribution < -0.4 is 21.1 Å². The molecule has 17 heavy (non-hydrogen) atoms. The highest BCUT2D eigenvalue weighted by Gasteiger charge is 1.90. The van der Waals surface area contributed by atoms with E-state index in [9.17, 15) is 8.76 Å². The van der Waals surface area contributed by atoms with E-state index in [0.29, 0.717) is 6.54 Å². The Morgan fingerprint density at radius 1 is 0.882 bits per heavy atom. The van der Waals surface area contributed by atoms with E-state index < -0.39 is 11.3 Å².